The Morgan fingerprint density at radius 1 is 1.33 bits per heavy atom. The van der Waals surface area contributed by atoms with Crippen molar-refractivity contribution in [1.82, 2.24) is 4.31 Å². The van der Waals surface area contributed by atoms with E-state index in [2.05, 4.69) is 0 Å². The molecule has 0 saturated carbocycles. The summed E-state index contributed by atoms with van der Waals surface area (Å²) >= 11 is 6.06. The number of sulfone groups is 1. The normalized spacial score (nSPS) is 25.1. The zero-order valence-electron chi connectivity index (χ0n) is 14.4. The fourth-order valence-corrected chi connectivity index (χ4v) is 7.41. The molecule has 0 aliphatic carbocycles. The number of sulfonamides is 1. The summed E-state index contributed by atoms with van der Waals surface area (Å²) in [6, 6.07) is 2.71. The molecule has 0 bridgehead atoms. The van der Waals surface area contributed by atoms with Crippen LogP contribution in [0.2, 0.25) is 5.02 Å². The quantitative estimate of drug-likeness (QED) is 0.714. The van der Waals surface area contributed by atoms with Crippen LogP contribution in [0.3, 0.4) is 0 Å². The molecule has 2 saturated heterocycles. The first kappa shape index (κ1) is 20.5. The van der Waals surface area contributed by atoms with Crippen LogP contribution in [0.5, 0.6) is 0 Å². The number of nitrogens with zero attached hydrogens (tertiary/aromatic N) is 1. The molecule has 2 heterocycles. The van der Waals surface area contributed by atoms with Gasteiger partial charge in [0.05, 0.1) is 28.2 Å². The Labute approximate surface area is 163 Å². The number of hydrogen-bond donors (Lipinski definition) is 1. The maximum absolute atomic E-state index is 13.3. The fraction of sp³-hybridized carbons (Fsp3) is 0.562. The molecule has 0 radical (unpaired) electrons. The third-order valence-electron chi connectivity index (χ3n) is 4.79. The van der Waals surface area contributed by atoms with E-state index in [9.17, 15) is 21.6 Å². The minimum atomic E-state index is -4.22. The average molecular weight is 438 g/mol. The number of ether oxygens (including phenoxy) is 1. The smallest absolute Gasteiger partial charge is 0.335 e. The highest BCUT2D eigenvalue weighted by Crippen LogP contribution is 2.31. The second-order valence-corrected chi connectivity index (χ2v) is 11.2. The van der Waals surface area contributed by atoms with Crippen molar-refractivity contribution in [2.75, 3.05) is 24.7 Å². The molecule has 2 aliphatic rings. The van der Waals surface area contributed by atoms with Crippen LogP contribution in [-0.4, -0.2) is 69.0 Å². The first-order chi connectivity index (χ1) is 12.6. The Bertz CT molecular complexity index is 940. The predicted octanol–water partition coefficient (Wildman–Crippen LogP) is 1.40. The predicted molar refractivity (Wildman–Crippen MR) is 98.3 cm³/mol. The van der Waals surface area contributed by atoms with Gasteiger partial charge in [-0.05, 0) is 37.5 Å². The lowest BCUT2D eigenvalue weighted by atomic mass is 10.2. The van der Waals surface area contributed by atoms with Crippen LogP contribution in [0.15, 0.2) is 23.1 Å². The summed E-state index contributed by atoms with van der Waals surface area (Å²) in [6.45, 7) is 0.535. The number of carboxylic acid groups (broad SMARTS) is 1. The van der Waals surface area contributed by atoms with Gasteiger partial charge < -0.3 is 9.84 Å². The highest BCUT2D eigenvalue weighted by Gasteiger charge is 2.41. The largest absolute Gasteiger partial charge is 0.478 e. The van der Waals surface area contributed by atoms with E-state index in [1.54, 1.807) is 0 Å². The number of rotatable bonds is 6. The zero-order valence-corrected chi connectivity index (χ0v) is 16.8. The molecule has 2 aliphatic heterocycles. The lowest BCUT2D eigenvalue weighted by Crippen LogP contribution is -2.45. The summed E-state index contributed by atoms with van der Waals surface area (Å²) in [5, 5.41) is 9.05. The Morgan fingerprint density at radius 2 is 2.07 bits per heavy atom. The van der Waals surface area contributed by atoms with E-state index in [1.807, 2.05) is 0 Å². The van der Waals surface area contributed by atoms with Crippen molar-refractivity contribution in [3.63, 3.8) is 0 Å². The molecule has 1 aromatic rings. The summed E-state index contributed by atoms with van der Waals surface area (Å²) in [6.07, 6.45) is 1.33. The molecule has 2 atom stereocenters. The molecule has 0 aromatic heterocycles. The average Bonchev–Trinajstić information content (AvgIpc) is 3.21. The standard InChI is InChI=1S/C16H20ClNO7S2/c17-14-4-3-11(16(19)20)8-15(14)27(23,24)18(9-13-2-1-6-25-13)12-5-7-26(21,22)10-12/h3-4,8,12-13H,1-2,5-7,9-10H2,(H,19,20)/t12-,13-/m0/s1. The van der Waals surface area contributed by atoms with Gasteiger partial charge in [0.25, 0.3) is 0 Å². The van der Waals surface area contributed by atoms with Crippen LogP contribution >= 0.6 is 11.6 Å². The Kier molecular flexibility index (Phi) is 5.83. The molecular formula is C16H20ClNO7S2. The van der Waals surface area contributed by atoms with Gasteiger partial charge in [0, 0.05) is 19.2 Å². The van der Waals surface area contributed by atoms with Gasteiger partial charge in [-0.25, -0.2) is 21.6 Å². The summed E-state index contributed by atoms with van der Waals surface area (Å²) in [4.78, 5) is 10.9. The van der Waals surface area contributed by atoms with Gasteiger partial charge in [-0.1, -0.05) is 11.6 Å². The van der Waals surface area contributed by atoms with Gasteiger partial charge in [0.1, 0.15) is 4.90 Å². The van der Waals surface area contributed by atoms with E-state index >= 15 is 0 Å². The minimum Gasteiger partial charge on any atom is -0.478 e. The molecule has 11 heteroatoms. The summed E-state index contributed by atoms with van der Waals surface area (Å²) in [5.41, 5.74) is -0.214. The van der Waals surface area contributed by atoms with Crippen molar-refractivity contribution in [2.45, 2.75) is 36.3 Å². The number of carboxylic acids is 1. The first-order valence-electron chi connectivity index (χ1n) is 8.47. The first-order valence-corrected chi connectivity index (χ1v) is 12.1. The molecular weight excluding hydrogens is 418 g/mol. The maximum atomic E-state index is 13.3. The van der Waals surface area contributed by atoms with Gasteiger partial charge in [0.15, 0.2) is 9.84 Å². The molecule has 2 fully saturated rings. The minimum absolute atomic E-state index is 0.0101. The summed E-state index contributed by atoms with van der Waals surface area (Å²) < 4.78 is 57.1. The van der Waals surface area contributed by atoms with Gasteiger partial charge in [-0.3, -0.25) is 0 Å². The van der Waals surface area contributed by atoms with Crippen LogP contribution in [0, 0.1) is 0 Å². The number of benzene rings is 1. The molecule has 150 valence electrons. The molecule has 8 nitrogen and oxygen atoms in total. The molecule has 0 amide bonds. The third-order valence-corrected chi connectivity index (χ3v) is 8.94. The third kappa shape index (κ3) is 4.45. The second kappa shape index (κ2) is 7.67. The van der Waals surface area contributed by atoms with Crippen LogP contribution in [0.4, 0.5) is 0 Å². The lowest BCUT2D eigenvalue weighted by molar-refractivity contribution is 0.0696. The van der Waals surface area contributed by atoms with Gasteiger partial charge in [-0.15, -0.1) is 0 Å². The number of hydrogen-bond acceptors (Lipinski definition) is 6. The highest BCUT2D eigenvalue weighted by molar-refractivity contribution is 7.92. The van der Waals surface area contributed by atoms with E-state index in [4.69, 9.17) is 21.4 Å². The van der Waals surface area contributed by atoms with Gasteiger partial charge in [-0.2, -0.15) is 4.31 Å². The summed E-state index contributed by atoms with van der Waals surface area (Å²) in [7, 11) is -7.54. The van der Waals surface area contributed by atoms with E-state index in [-0.39, 0.29) is 46.1 Å². The Morgan fingerprint density at radius 3 is 2.63 bits per heavy atom. The van der Waals surface area contributed by atoms with Gasteiger partial charge in [0.2, 0.25) is 10.0 Å². The lowest BCUT2D eigenvalue weighted by Gasteiger charge is -2.29. The van der Waals surface area contributed by atoms with E-state index in [1.165, 1.54) is 12.1 Å². The molecule has 1 aromatic carbocycles. The van der Waals surface area contributed by atoms with Crippen LogP contribution in [0.25, 0.3) is 0 Å². The van der Waals surface area contributed by atoms with Crippen molar-refractivity contribution in [2.24, 2.45) is 0 Å². The van der Waals surface area contributed by atoms with Crippen molar-refractivity contribution >= 4 is 37.4 Å². The molecule has 0 spiro atoms. The fourth-order valence-electron chi connectivity index (χ4n) is 3.40. The monoisotopic (exact) mass is 437 g/mol. The Balaban J connectivity index is 2.01. The molecule has 0 unspecified atom stereocenters. The van der Waals surface area contributed by atoms with Crippen LogP contribution in [0.1, 0.15) is 29.6 Å². The molecule has 27 heavy (non-hydrogen) atoms. The summed E-state index contributed by atoms with van der Waals surface area (Å²) in [5.74, 6) is -1.63. The highest BCUT2D eigenvalue weighted by atomic mass is 35.5. The van der Waals surface area contributed by atoms with Crippen molar-refractivity contribution < 1.29 is 31.5 Å². The molecule has 1 N–H and O–H groups in total. The SMILES string of the molecule is O=C(O)c1ccc(Cl)c(S(=O)(=O)N(C[C@@H]2CCCO2)[C@H]2CCS(=O)(=O)C2)c1. The van der Waals surface area contributed by atoms with E-state index < -0.39 is 31.9 Å². The zero-order chi connectivity index (χ0) is 19.8. The van der Waals surface area contributed by atoms with Crippen LogP contribution in [-0.2, 0) is 24.6 Å². The van der Waals surface area contributed by atoms with E-state index in [0.29, 0.717) is 13.0 Å². The van der Waals surface area contributed by atoms with Crippen molar-refractivity contribution in [3.8, 4) is 0 Å². The Hall–Kier alpha value is -1.20. The van der Waals surface area contributed by atoms with Crippen molar-refractivity contribution in [3.05, 3.63) is 28.8 Å². The van der Waals surface area contributed by atoms with Crippen LogP contribution < -0.4 is 0 Å². The topological polar surface area (TPSA) is 118 Å². The van der Waals surface area contributed by atoms with Gasteiger partial charge >= 0.3 is 5.97 Å². The maximum Gasteiger partial charge on any atom is 0.335 e. The second-order valence-electron chi connectivity index (χ2n) is 6.72. The van der Waals surface area contributed by atoms with E-state index in [0.717, 1.165) is 16.8 Å². The molecule has 3 rings (SSSR count). The number of carbonyl (C=O) groups is 1. The van der Waals surface area contributed by atoms with Crippen molar-refractivity contribution in [1.29, 1.82) is 0 Å². The number of halogens is 1. The number of aromatic carboxylic acids is 1.